The molecule has 0 heterocycles. The fourth-order valence-electron chi connectivity index (χ4n) is 1.21. The summed E-state index contributed by atoms with van der Waals surface area (Å²) in [6.07, 6.45) is 1.97. The van der Waals surface area contributed by atoms with Crippen LogP contribution >= 0.6 is 0 Å². The molecule has 0 aliphatic heterocycles. The van der Waals surface area contributed by atoms with Crippen molar-refractivity contribution in [2.75, 3.05) is 13.7 Å². The van der Waals surface area contributed by atoms with Gasteiger partial charge in [-0.3, -0.25) is 0 Å². The maximum Gasteiger partial charge on any atom is 0.0788 e. The smallest absolute Gasteiger partial charge is 0.0788 e. The van der Waals surface area contributed by atoms with Gasteiger partial charge in [0.15, 0.2) is 0 Å². The molecule has 0 bridgehead atoms. The zero-order valence-electron chi connectivity index (χ0n) is 6.71. The van der Waals surface area contributed by atoms with Crippen LogP contribution in [0.15, 0.2) is 0 Å². The maximum atomic E-state index is 9.28. The zero-order chi connectivity index (χ0) is 8.32. The first kappa shape index (κ1) is 8.51. The van der Waals surface area contributed by atoms with Crippen molar-refractivity contribution in [1.29, 1.82) is 5.26 Å². The topological polar surface area (TPSA) is 53.2 Å². The molecule has 3 heteroatoms. The molecule has 0 spiro atoms. The summed E-state index contributed by atoms with van der Waals surface area (Å²) >= 11 is 0. The Morgan fingerprint density at radius 1 is 1.73 bits per heavy atom. The lowest BCUT2D eigenvalue weighted by atomic mass is 10.0. The number of nitrogens with zero attached hydrogens (tertiary/aromatic N) is 1. The Balaban J connectivity index is 2.25. The van der Waals surface area contributed by atoms with Crippen LogP contribution in [0.4, 0.5) is 0 Å². The van der Waals surface area contributed by atoms with Gasteiger partial charge in [0.25, 0.3) is 0 Å². The highest BCUT2D eigenvalue weighted by atomic mass is 16.5. The first-order chi connectivity index (χ1) is 5.22. The quantitative estimate of drug-likeness (QED) is 0.649. The summed E-state index contributed by atoms with van der Waals surface area (Å²) in [5.41, 5.74) is -0.210. The van der Waals surface area contributed by atoms with E-state index >= 15 is 0 Å². The van der Waals surface area contributed by atoms with Crippen LogP contribution in [-0.2, 0) is 4.74 Å². The van der Waals surface area contributed by atoms with Gasteiger partial charge in [-0.05, 0) is 19.3 Å². The van der Waals surface area contributed by atoms with E-state index in [4.69, 9.17) is 10.00 Å². The molecule has 62 valence electrons. The van der Waals surface area contributed by atoms with Crippen molar-refractivity contribution in [2.45, 2.75) is 25.4 Å². The molecule has 0 saturated heterocycles. The van der Waals surface area contributed by atoms with Gasteiger partial charge in [0.1, 0.15) is 0 Å². The molecule has 1 fully saturated rings. The van der Waals surface area contributed by atoms with Gasteiger partial charge in [-0.25, -0.2) is 0 Å². The number of rotatable bonds is 4. The highest BCUT2D eigenvalue weighted by Gasteiger charge is 2.44. The molecule has 3 nitrogen and oxygen atoms in total. The van der Waals surface area contributed by atoms with Crippen LogP contribution in [0.3, 0.4) is 0 Å². The van der Waals surface area contributed by atoms with Crippen LogP contribution in [0.2, 0.25) is 0 Å². The van der Waals surface area contributed by atoms with Crippen LogP contribution in [0.25, 0.3) is 0 Å². The van der Waals surface area contributed by atoms with E-state index in [9.17, 15) is 5.11 Å². The highest BCUT2D eigenvalue weighted by Crippen LogP contribution is 2.48. The Morgan fingerprint density at radius 3 is 2.73 bits per heavy atom. The van der Waals surface area contributed by atoms with Crippen LogP contribution < -0.4 is 0 Å². The van der Waals surface area contributed by atoms with Gasteiger partial charge in [0.05, 0.1) is 24.2 Å². The Hall–Kier alpha value is -0.590. The summed E-state index contributed by atoms with van der Waals surface area (Å²) in [4.78, 5) is 0. The molecule has 1 unspecified atom stereocenters. The van der Waals surface area contributed by atoms with E-state index in [1.807, 2.05) is 0 Å². The van der Waals surface area contributed by atoms with E-state index < -0.39 is 6.10 Å². The number of hydrogen-bond acceptors (Lipinski definition) is 3. The fraction of sp³-hybridized carbons (Fsp3) is 0.875. The molecule has 0 aromatic rings. The number of methoxy groups -OCH3 is 1. The van der Waals surface area contributed by atoms with Crippen molar-refractivity contribution >= 4 is 0 Å². The first-order valence-corrected chi connectivity index (χ1v) is 3.81. The molecule has 0 radical (unpaired) electrons. The molecule has 11 heavy (non-hydrogen) atoms. The van der Waals surface area contributed by atoms with Crippen LogP contribution in [-0.4, -0.2) is 24.9 Å². The fourth-order valence-corrected chi connectivity index (χ4v) is 1.21. The van der Waals surface area contributed by atoms with E-state index in [2.05, 4.69) is 6.07 Å². The SMILES string of the molecule is COCC(O)CC1(C#N)CC1. The van der Waals surface area contributed by atoms with Gasteiger partial charge in [-0.2, -0.15) is 5.26 Å². The molecular weight excluding hydrogens is 142 g/mol. The van der Waals surface area contributed by atoms with Crippen molar-refractivity contribution in [3.05, 3.63) is 0 Å². The molecule has 0 aromatic carbocycles. The van der Waals surface area contributed by atoms with Crippen molar-refractivity contribution in [3.63, 3.8) is 0 Å². The second-order valence-electron chi connectivity index (χ2n) is 3.21. The molecular formula is C8H13NO2. The minimum absolute atomic E-state index is 0.210. The summed E-state index contributed by atoms with van der Waals surface area (Å²) in [7, 11) is 1.55. The monoisotopic (exact) mass is 155 g/mol. The predicted octanol–water partition coefficient (Wildman–Crippen LogP) is 0.688. The number of ether oxygens (including phenoxy) is 1. The van der Waals surface area contributed by atoms with E-state index in [0.29, 0.717) is 13.0 Å². The Morgan fingerprint density at radius 2 is 2.36 bits per heavy atom. The summed E-state index contributed by atoms with van der Waals surface area (Å²) < 4.78 is 4.76. The largest absolute Gasteiger partial charge is 0.391 e. The van der Waals surface area contributed by atoms with E-state index in [0.717, 1.165) is 12.8 Å². The summed E-state index contributed by atoms with van der Waals surface area (Å²) in [6.45, 7) is 0.337. The average Bonchev–Trinajstić information content (AvgIpc) is 2.70. The minimum atomic E-state index is -0.470. The van der Waals surface area contributed by atoms with Gasteiger partial charge in [0, 0.05) is 7.11 Å². The molecule has 1 rings (SSSR count). The number of nitriles is 1. The zero-order valence-corrected chi connectivity index (χ0v) is 6.71. The van der Waals surface area contributed by atoms with Crippen molar-refractivity contribution in [2.24, 2.45) is 5.41 Å². The molecule has 1 atom stereocenters. The van der Waals surface area contributed by atoms with E-state index in [1.54, 1.807) is 7.11 Å². The molecule has 1 N–H and O–H groups in total. The number of aliphatic hydroxyl groups excluding tert-OH is 1. The van der Waals surface area contributed by atoms with Gasteiger partial charge in [-0.15, -0.1) is 0 Å². The van der Waals surface area contributed by atoms with Crippen molar-refractivity contribution in [1.82, 2.24) is 0 Å². The second kappa shape index (κ2) is 3.21. The Bertz CT molecular complexity index is 169. The summed E-state index contributed by atoms with van der Waals surface area (Å²) in [5.74, 6) is 0. The van der Waals surface area contributed by atoms with Gasteiger partial charge in [-0.1, -0.05) is 0 Å². The normalized spacial score (nSPS) is 22.3. The minimum Gasteiger partial charge on any atom is -0.391 e. The lowest BCUT2D eigenvalue weighted by Crippen LogP contribution is -2.18. The van der Waals surface area contributed by atoms with Crippen LogP contribution in [0, 0.1) is 16.7 Å². The van der Waals surface area contributed by atoms with Crippen molar-refractivity contribution in [3.8, 4) is 6.07 Å². The molecule has 1 aliphatic rings. The van der Waals surface area contributed by atoms with Crippen LogP contribution in [0.5, 0.6) is 0 Å². The van der Waals surface area contributed by atoms with Gasteiger partial charge < -0.3 is 9.84 Å². The Labute approximate surface area is 66.6 Å². The van der Waals surface area contributed by atoms with E-state index in [-0.39, 0.29) is 5.41 Å². The second-order valence-corrected chi connectivity index (χ2v) is 3.21. The Kier molecular flexibility index (Phi) is 2.48. The van der Waals surface area contributed by atoms with E-state index in [1.165, 1.54) is 0 Å². The van der Waals surface area contributed by atoms with Gasteiger partial charge in [0.2, 0.25) is 0 Å². The summed E-state index contributed by atoms with van der Waals surface area (Å²) in [6, 6.07) is 2.23. The number of aliphatic hydroxyl groups is 1. The van der Waals surface area contributed by atoms with Crippen LogP contribution in [0.1, 0.15) is 19.3 Å². The molecule has 1 aliphatic carbocycles. The van der Waals surface area contributed by atoms with Crippen molar-refractivity contribution < 1.29 is 9.84 Å². The first-order valence-electron chi connectivity index (χ1n) is 3.81. The third-order valence-electron chi connectivity index (χ3n) is 2.08. The molecule has 0 aromatic heterocycles. The third kappa shape index (κ3) is 2.18. The predicted molar refractivity (Wildman–Crippen MR) is 39.8 cm³/mol. The maximum absolute atomic E-state index is 9.28. The molecule has 0 amide bonds. The highest BCUT2D eigenvalue weighted by molar-refractivity contribution is 5.10. The lowest BCUT2D eigenvalue weighted by molar-refractivity contribution is 0.0506. The number of hydrogen-bond donors (Lipinski definition) is 1. The third-order valence-corrected chi connectivity index (χ3v) is 2.08. The lowest BCUT2D eigenvalue weighted by Gasteiger charge is -2.11. The molecule has 1 saturated carbocycles. The van der Waals surface area contributed by atoms with Gasteiger partial charge >= 0.3 is 0 Å². The summed E-state index contributed by atoms with van der Waals surface area (Å²) in [5, 5.41) is 18.0. The standard InChI is InChI=1S/C8H13NO2/c1-11-5-7(10)4-8(6-9)2-3-8/h7,10H,2-5H2,1H3. The average molecular weight is 155 g/mol.